The number of hydrogen-bond acceptors (Lipinski definition) is 21. The lowest BCUT2D eigenvalue weighted by Gasteiger charge is -2.44. The molecule has 7 saturated heterocycles. The van der Waals surface area contributed by atoms with Crippen LogP contribution < -0.4 is 47.4 Å². The van der Waals surface area contributed by atoms with Crippen molar-refractivity contribution >= 4 is 5.78 Å². The van der Waals surface area contributed by atoms with Gasteiger partial charge in [0.25, 0.3) is 0 Å². The van der Waals surface area contributed by atoms with Crippen molar-refractivity contribution in [1.29, 1.82) is 0 Å². The number of ketones is 1. The number of carbonyl (C=O) groups is 1. The van der Waals surface area contributed by atoms with Crippen molar-refractivity contribution in [2.24, 2.45) is 17.8 Å². The van der Waals surface area contributed by atoms with Crippen LogP contribution in [0.4, 0.5) is 13.2 Å². The molecule has 9 aromatic carbocycles. The van der Waals surface area contributed by atoms with Crippen LogP contribution in [-0.4, -0.2) is 165 Å². The van der Waals surface area contributed by atoms with Crippen LogP contribution >= 0.6 is 0 Å². The fourth-order valence-electron chi connectivity index (χ4n) is 20.5. The van der Waals surface area contributed by atoms with E-state index in [0.29, 0.717) is 104 Å². The second-order valence-corrected chi connectivity index (χ2v) is 38.5. The highest BCUT2D eigenvalue weighted by Gasteiger charge is 2.51. The van der Waals surface area contributed by atoms with Crippen molar-refractivity contribution in [3.8, 4) is 69.0 Å². The number of nitrogens with zero attached hydrogens (tertiary/aromatic N) is 3. The Balaban J connectivity index is 0.000000141. The number of rotatable bonds is 26. The standard InChI is InChI=1S/C40H50FNO7.C39H46FNO7.C30H34FNO4/c1-26-18-19-42(24-26)27(2)25-46-30-14-12-29(13-15-30)39-37(28-10-16-31(17-11-28)47-35-8-4-6-20-44-35)40(3,43)38-33(41)22-32(23-34(38)49-39)48-36-9-5-7-21-45-36;1-25-17-18-41(23-25)26(2)24-45-29-13-11-28(12-14-29)39-36(27-9-15-30(16-10-27)46-34-7-3-5-19-43-34)38(42)37-32(40)21-31(22-33(37)48-39)47-35-8-4-6-20-44-35;1-18-12-13-32(16-18)19(2)17-35-25-10-6-22(7-11-25)30-28(21-4-8-23(33)9-5-21)20(3)29-26(31)14-24(34)15-27(29)36-30/h10-17,22-23,26-27,35-37,39,43H,4-9,18-21,24-25H2,1-3H3;9-16,21-22,25-26,34-36,39H,3-8,17-20,23-24H2,1-2H3;4-11,14-15,18-20,28,30,33-34H,12-13,16-17H2,1-3H3/t26-,27+,35?,36?,37?,39?,40?;25-,26+,34?,35?,36?,39?;18-,19+,20?,28?,30?/m111/s1. The molecule has 7 fully saturated rings. The Bertz CT molecular complexity index is 5300. The number of phenols is 2. The van der Waals surface area contributed by atoms with Crippen LogP contribution in [0.2, 0.25) is 0 Å². The normalized spacial score (nSPS) is 27.2. The van der Waals surface area contributed by atoms with Gasteiger partial charge in [-0.1, -0.05) is 100 Å². The van der Waals surface area contributed by atoms with Crippen molar-refractivity contribution in [2.45, 2.75) is 243 Å². The van der Waals surface area contributed by atoms with Gasteiger partial charge >= 0.3 is 0 Å². The molecular weight excluding hydrogens is 1700 g/mol. The van der Waals surface area contributed by atoms with Gasteiger partial charge in [0.2, 0.25) is 0 Å². The molecule has 24 heteroatoms. The number of benzene rings is 9. The smallest absolute Gasteiger partial charge is 0.199 e. The Hall–Kier alpha value is -10.3. The third-order valence-corrected chi connectivity index (χ3v) is 28.2. The Morgan fingerprint density at radius 1 is 0.391 bits per heavy atom. The maximum absolute atomic E-state index is 16.0. The molecule has 10 heterocycles. The lowest BCUT2D eigenvalue weighted by atomic mass is 9.71. The Kier molecular flexibility index (Phi) is 30.7. The predicted molar refractivity (Wildman–Crippen MR) is 500 cm³/mol. The summed E-state index contributed by atoms with van der Waals surface area (Å²) in [5.74, 6) is 3.27. The van der Waals surface area contributed by atoms with Crippen LogP contribution in [0.3, 0.4) is 0 Å². The summed E-state index contributed by atoms with van der Waals surface area (Å²) in [6, 6.07) is 54.9. The number of ether oxygens (including phenoxy) is 14. The largest absolute Gasteiger partial charge is 0.508 e. The molecule has 12 unspecified atom stereocenters. The summed E-state index contributed by atoms with van der Waals surface area (Å²) >= 11 is 0. The highest BCUT2D eigenvalue weighted by Crippen LogP contribution is 2.57. The van der Waals surface area contributed by atoms with Gasteiger partial charge in [0.05, 0.1) is 49.4 Å². The molecule has 0 saturated carbocycles. The molecule has 133 heavy (non-hydrogen) atoms. The number of aliphatic hydroxyl groups is 1. The van der Waals surface area contributed by atoms with E-state index in [4.69, 9.17) is 66.3 Å². The third-order valence-electron chi connectivity index (χ3n) is 28.2. The molecule has 0 spiro atoms. The lowest BCUT2D eigenvalue weighted by Crippen LogP contribution is -2.41. The van der Waals surface area contributed by atoms with E-state index in [2.05, 4.69) is 56.2 Å². The van der Waals surface area contributed by atoms with E-state index < -0.39 is 65.8 Å². The first-order valence-electron chi connectivity index (χ1n) is 48.4. The number of aromatic hydroxyl groups is 2. The minimum atomic E-state index is -1.63. The quantitative estimate of drug-likeness (QED) is 0.0459. The molecule has 21 nitrogen and oxygen atoms in total. The zero-order valence-electron chi connectivity index (χ0n) is 77.9. The van der Waals surface area contributed by atoms with Crippen LogP contribution in [0.1, 0.15) is 249 Å². The maximum Gasteiger partial charge on any atom is 0.199 e. The van der Waals surface area contributed by atoms with E-state index in [1.807, 2.05) is 140 Å². The van der Waals surface area contributed by atoms with Crippen LogP contribution in [0.15, 0.2) is 182 Å². The number of hydrogen-bond donors (Lipinski definition) is 3. The van der Waals surface area contributed by atoms with Crippen LogP contribution in [0.25, 0.3) is 0 Å². The lowest BCUT2D eigenvalue weighted by molar-refractivity contribution is -0.106. The highest BCUT2D eigenvalue weighted by molar-refractivity contribution is 6.05. The van der Waals surface area contributed by atoms with Crippen LogP contribution in [-0.2, 0) is 24.5 Å². The van der Waals surface area contributed by atoms with Gasteiger partial charge in [0, 0.05) is 111 Å². The Morgan fingerprint density at radius 3 is 1.20 bits per heavy atom. The summed E-state index contributed by atoms with van der Waals surface area (Å²) in [5.41, 5.74) is 3.84. The average molecular weight is 1830 g/mol. The van der Waals surface area contributed by atoms with Crippen molar-refractivity contribution in [3.63, 3.8) is 0 Å². The fraction of sp³-hybridized carbons (Fsp3) is 0.495. The first kappa shape index (κ1) is 94.5. The highest BCUT2D eigenvalue weighted by atomic mass is 19.1. The van der Waals surface area contributed by atoms with E-state index >= 15 is 8.78 Å². The topological polar surface area (TPSA) is 217 Å². The zero-order chi connectivity index (χ0) is 92.4. The minimum Gasteiger partial charge on any atom is -0.508 e. The molecule has 18 atom stereocenters. The van der Waals surface area contributed by atoms with Crippen molar-refractivity contribution < 1.29 is 99.6 Å². The van der Waals surface area contributed by atoms with E-state index in [-0.39, 0.29) is 70.1 Å². The Morgan fingerprint density at radius 2 is 0.767 bits per heavy atom. The van der Waals surface area contributed by atoms with Crippen molar-refractivity contribution in [3.05, 3.63) is 250 Å². The van der Waals surface area contributed by atoms with Gasteiger partial charge in [0.15, 0.2) is 30.9 Å². The Labute approximate surface area is 780 Å². The SMILES string of the molecule is CC1c2c(F)cc(O)cc2OC(c2ccc(OC[C@H](C)N3CC[C@@H](C)C3)cc2)C1c1ccc(O)cc1.C[C@@H]1CCN([C@@H](C)COc2ccc(C3Oc4cc(OC5CCCCO5)cc(F)c4C(=O)C3c3ccc(OC4CCCCO4)cc3)cc2)C1.C[C@@H]1CCN([C@@H](C)COc2ccc(C3Oc4cc(OC5CCCCO5)cc(F)c4C(C)(O)C3c3ccc(OC4CCCCO4)cc3)cc2)C1. The molecule has 19 rings (SSSR count). The van der Waals surface area contributed by atoms with Gasteiger partial charge in [-0.3, -0.25) is 19.5 Å². The average Bonchev–Trinajstić information content (AvgIpc) is 0.916. The molecule has 0 amide bonds. The monoisotopic (exact) mass is 1830 g/mol. The first-order valence-corrected chi connectivity index (χ1v) is 48.4. The third kappa shape index (κ3) is 22.9. The number of halogens is 3. The van der Waals surface area contributed by atoms with Gasteiger partial charge in [-0.2, -0.15) is 0 Å². The van der Waals surface area contributed by atoms with Gasteiger partial charge in [-0.25, -0.2) is 13.2 Å². The summed E-state index contributed by atoms with van der Waals surface area (Å²) in [7, 11) is 0. The van der Waals surface area contributed by atoms with Crippen LogP contribution in [0, 0.1) is 35.2 Å². The van der Waals surface area contributed by atoms with Gasteiger partial charge in [-0.15, -0.1) is 0 Å². The summed E-state index contributed by atoms with van der Waals surface area (Å²) in [6.45, 7) is 28.2. The summed E-state index contributed by atoms with van der Waals surface area (Å²) in [4.78, 5) is 21.7. The van der Waals surface area contributed by atoms with Gasteiger partial charge in [0.1, 0.15) is 130 Å². The molecule has 10 aliphatic rings. The van der Waals surface area contributed by atoms with Crippen molar-refractivity contribution in [2.75, 3.05) is 85.5 Å². The minimum absolute atomic E-state index is 0.0748. The van der Waals surface area contributed by atoms with Gasteiger partial charge in [-0.05, 0) is 248 Å². The predicted octanol–water partition coefficient (Wildman–Crippen LogP) is 22.1. The fourth-order valence-corrected chi connectivity index (χ4v) is 20.5. The maximum atomic E-state index is 16.0. The van der Waals surface area contributed by atoms with E-state index in [1.54, 1.807) is 31.2 Å². The molecule has 0 radical (unpaired) electrons. The summed E-state index contributed by atoms with van der Waals surface area (Å²) in [5, 5.41) is 32.1. The number of carbonyl (C=O) groups excluding carboxylic acids is 1. The van der Waals surface area contributed by atoms with Gasteiger partial charge < -0.3 is 81.6 Å². The molecule has 3 N–H and O–H groups in total. The summed E-state index contributed by atoms with van der Waals surface area (Å²) in [6.07, 6.45) is 11.7. The number of Topliss-reactive ketones (excluding diaryl/α,β-unsaturated/α-hetero) is 1. The molecule has 710 valence electrons. The molecule has 0 bridgehead atoms. The first-order chi connectivity index (χ1) is 64.4. The molecule has 0 aromatic heterocycles. The second-order valence-electron chi connectivity index (χ2n) is 38.5. The zero-order valence-corrected chi connectivity index (χ0v) is 77.9. The van der Waals surface area contributed by atoms with Crippen LogP contribution in [0.5, 0.6) is 69.0 Å². The molecular formula is C109H130F3N3O18. The number of phenolic OH excluding ortho intramolecular Hbond substituents is 2. The summed E-state index contributed by atoms with van der Waals surface area (Å²) < 4.78 is 132. The second kappa shape index (κ2) is 43.2. The molecule has 0 aliphatic carbocycles. The number of likely N-dealkylation sites (tertiary alicyclic amines) is 3. The van der Waals surface area contributed by atoms with E-state index in [9.17, 15) is 24.5 Å². The molecule has 10 aliphatic heterocycles. The molecule has 9 aromatic rings. The van der Waals surface area contributed by atoms with Crippen molar-refractivity contribution in [1.82, 2.24) is 14.7 Å². The van der Waals surface area contributed by atoms with E-state index in [1.165, 1.54) is 37.5 Å². The van der Waals surface area contributed by atoms with E-state index in [0.717, 1.165) is 179 Å². The number of fused-ring (bicyclic) bond motifs is 3.